The van der Waals surface area contributed by atoms with Crippen molar-refractivity contribution in [1.82, 2.24) is 25.3 Å². The summed E-state index contributed by atoms with van der Waals surface area (Å²) in [4.78, 5) is 23.6. The van der Waals surface area contributed by atoms with Gasteiger partial charge in [-0.25, -0.2) is 0 Å². The number of amides is 1. The van der Waals surface area contributed by atoms with Crippen LogP contribution in [-0.2, 0) is 12.0 Å². The van der Waals surface area contributed by atoms with Crippen LogP contribution in [0.5, 0.6) is 0 Å². The van der Waals surface area contributed by atoms with Crippen LogP contribution in [0.3, 0.4) is 0 Å². The van der Waals surface area contributed by atoms with Crippen molar-refractivity contribution in [3.05, 3.63) is 77.3 Å². The minimum absolute atomic E-state index is 0.0612. The zero-order valence-electron chi connectivity index (χ0n) is 21.3. The molecule has 0 bridgehead atoms. The monoisotopic (exact) mass is 473 g/mol. The number of rotatable bonds is 6. The summed E-state index contributed by atoms with van der Waals surface area (Å²) >= 11 is 0. The van der Waals surface area contributed by atoms with Crippen LogP contribution >= 0.6 is 0 Å². The molecule has 0 radical (unpaired) electrons. The normalized spacial score (nSPS) is 15.1. The fraction of sp³-hybridized carbons (Fsp3) is 0.429. The van der Waals surface area contributed by atoms with Gasteiger partial charge in [0.15, 0.2) is 0 Å². The Hall–Kier alpha value is -3.48. The molecule has 1 saturated heterocycles. The number of benzene rings is 1. The summed E-state index contributed by atoms with van der Waals surface area (Å²) in [6, 6.07) is 8.53. The molecule has 3 heterocycles. The van der Waals surface area contributed by atoms with E-state index in [4.69, 9.17) is 4.52 Å². The van der Waals surface area contributed by atoms with Gasteiger partial charge >= 0.3 is 0 Å². The lowest BCUT2D eigenvalue weighted by atomic mass is 9.85. The Bertz CT molecular complexity index is 1200. The van der Waals surface area contributed by atoms with Crippen molar-refractivity contribution in [2.45, 2.75) is 65.3 Å². The third-order valence-corrected chi connectivity index (χ3v) is 6.54. The van der Waals surface area contributed by atoms with E-state index in [0.717, 1.165) is 37.1 Å². The summed E-state index contributed by atoms with van der Waals surface area (Å²) in [6.45, 7) is 12.6. The predicted octanol–water partition coefficient (Wildman–Crippen LogP) is 5.38. The van der Waals surface area contributed by atoms with Gasteiger partial charge in [-0.3, -0.25) is 9.78 Å². The molecule has 7 nitrogen and oxygen atoms in total. The summed E-state index contributed by atoms with van der Waals surface area (Å²) < 4.78 is 5.24. The fourth-order valence-corrected chi connectivity index (χ4v) is 4.50. The second-order valence-electron chi connectivity index (χ2n) is 10.3. The number of aryl methyl sites for hydroxylation is 1. The molecule has 7 heteroatoms. The van der Waals surface area contributed by atoms with Crippen molar-refractivity contribution >= 4 is 5.91 Å². The quantitative estimate of drug-likeness (QED) is 0.517. The second kappa shape index (κ2) is 10.4. The Morgan fingerprint density at radius 2 is 2.00 bits per heavy atom. The number of carbonyl (C=O) groups is 1. The van der Waals surface area contributed by atoms with Crippen LogP contribution in [0, 0.1) is 6.92 Å². The summed E-state index contributed by atoms with van der Waals surface area (Å²) in [6.07, 6.45) is 10.4. The van der Waals surface area contributed by atoms with Crippen LogP contribution in [0.1, 0.15) is 79.7 Å². The summed E-state index contributed by atoms with van der Waals surface area (Å²) in [7, 11) is 0. The highest BCUT2D eigenvalue weighted by Gasteiger charge is 2.24. The third kappa shape index (κ3) is 5.78. The lowest BCUT2D eigenvalue weighted by molar-refractivity contribution is 0.0937. The largest absolute Gasteiger partial charge is 0.378 e. The lowest BCUT2D eigenvalue weighted by Gasteiger charge is -2.32. The number of carbonyl (C=O) groups excluding carboxylic acids is 1. The molecule has 184 valence electrons. The second-order valence-corrected chi connectivity index (χ2v) is 10.3. The Labute approximate surface area is 207 Å². The first-order valence-electron chi connectivity index (χ1n) is 12.3. The van der Waals surface area contributed by atoms with Crippen molar-refractivity contribution in [2.24, 2.45) is 0 Å². The maximum atomic E-state index is 12.5. The first kappa shape index (κ1) is 24.6. The van der Waals surface area contributed by atoms with E-state index >= 15 is 0 Å². The van der Waals surface area contributed by atoms with Gasteiger partial charge in [-0.15, -0.1) is 0 Å². The van der Waals surface area contributed by atoms with Gasteiger partial charge in [0.25, 0.3) is 11.7 Å². The van der Waals surface area contributed by atoms with E-state index in [-0.39, 0.29) is 17.1 Å². The molecule has 1 aromatic carbocycles. The van der Waals surface area contributed by atoms with Gasteiger partial charge in [-0.05, 0) is 72.7 Å². The number of hydrogen-bond donors (Lipinski definition) is 1. The minimum Gasteiger partial charge on any atom is -0.378 e. The number of aromatic nitrogens is 3. The molecule has 35 heavy (non-hydrogen) atoms. The van der Waals surface area contributed by atoms with Crippen molar-refractivity contribution in [3.8, 4) is 11.1 Å². The van der Waals surface area contributed by atoms with Gasteiger partial charge in [-0.2, -0.15) is 4.98 Å². The molecule has 0 saturated carbocycles. The number of piperidine rings is 1. The number of nitrogens with one attached hydrogen (secondary N) is 1. The Balaban J connectivity index is 1.45. The molecular formula is C28H35N5O2. The first-order valence-corrected chi connectivity index (χ1v) is 12.3. The molecule has 1 fully saturated rings. The van der Waals surface area contributed by atoms with Gasteiger partial charge < -0.3 is 14.7 Å². The highest BCUT2D eigenvalue weighted by Crippen LogP contribution is 2.35. The number of hydrogen-bond acceptors (Lipinski definition) is 6. The average Bonchev–Trinajstić information content (AvgIpc) is 3.35. The number of likely N-dealkylation sites (tertiary alicyclic amines) is 1. The number of pyridine rings is 1. The summed E-state index contributed by atoms with van der Waals surface area (Å²) in [5, 5.41) is 6.74. The van der Waals surface area contributed by atoms with E-state index in [1.807, 2.05) is 33.2 Å². The summed E-state index contributed by atoms with van der Waals surface area (Å²) in [5.74, 6) is 0.677. The molecular weight excluding hydrogens is 438 g/mol. The van der Waals surface area contributed by atoms with Crippen LogP contribution in [0.2, 0.25) is 0 Å². The van der Waals surface area contributed by atoms with Crippen molar-refractivity contribution in [1.29, 1.82) is 0 Å². The molecule has 0 atom stereocenters. The number of nitrogens with zero attached hydrogens (tertiary/aromatic N) is 4. The zero-order valence-corrected chi connectivity index (χ0v) is 21.3. The minimum atomic E-state index is -0.339. The van der Waals surface area contributed by atoms with Crippen LogP contribution in [-0.4, -0.2) is 39.0 Å². The van der Waals surface area contributed by atoms with Crippen molar-refractivity contribution in [3.63, 3.8) is 0 Å². The molecule has 3 aromatic rings. The van der Waals surface area contributed by atoms with Gasteiger partial charge in [-0.1, -0.05) is 50.2 Å². The molecule has 4 rings (SSSR count). The third-order valence-electron chi connectivity index (χ3n) is 6.54. The van der Waals surface area contributed by atoms with E-state index in [9.17, 15) is 4.79 Å². The van der Waals surface area contributed by atoms with Crippen LogP contribution in [0.25, 0.3) is 11.1 Å². The standard InChI is InChI=1S/C28H35N5O2/c1-6-13-33-14-10-20(11-15-33)24-18-29-12-9-23(24)21-7-8-22(19(2)16-21)17-30-26(34)25-31-27(35-32-25)28(3,4)5/h6-9,12-13,16,18,20H,10-11,14-15,17H2,1-5H3,(H,30,34). The fourth-order valence-electron chi connectivity index (χ4n) is 4.50. The SMILES string of the molecule is CC=CN1CCC(c2cnccc2-c2ccc(CNC(=O)c3noc(C(C)(C)C)n3)c(C)c2)CC1. The summed E-state index contributed by atoms with van der Waals surface area (Å²) in [5.41, 5.74) is 5.62. The van der Waals surface area contributed by atoms with E-state index in [2.05, 4.69) is 75.7 Å². The first-order chi connectivity index (χ1) is 16.8. The van der Waals surface area contributed by atoms with E-state index < -0.39 is 0 Å². The molecule has 1 N–H and O–H groups in total. The van der Waals surface area contributed by atoms with Crippen molar-refractivity contribution in [2.75, 3.05) is 13.1 Å². The lowest BCUT2D eigenvalue weighted by Crippen LogP contribution is -2.28. The highest BCUT2D eigenvalue weighted by molar-refractivity contribution is 5.90. The van der Waals surface area contributed by atoms with Gasteiger partial charge in [0.05, 0.1) is 0 Å². The topological polar surface area (TPSA) is 84.2 Å². The maximum absolute atomic E-state index is 12.5. The molecule has 0 aliphatic carbocycles. The zero-order chi connectivity index (χ0) is 25.0. The van der Waals surface area contributed by atoms with Gasteiger partial charge in [0.2, 0.25) is 5.89 Å². The Morgan fingerprint density at radius 3 is 2.66 bits per heavy atom. The van der Waals surface area contributed by atoms with Crippen LogP contribution in [0.15, 0.2) is 53.5 Å². The highest BCUT2D eigenvalue weighted by atomic mass is 16.5. The number of allylic oxidation sites excluding steroid dienone is 1. The molecule has 1 amide bonds. The van der Waals surface area contributed by atoms with Gasteiger partial charge in [0, 0.05) is 37.4 Å². The van der Waals surface area contributed by atoms with E-state index in [1.54, 1.807) is 0 Å². The molecule has 0 spiro atoms. The van der Waals surface area contributed by atoms with Crippen LogP contribution in [0.4, 0.5) is 0 Å². The van der Waals surface area contributed by atoms with Gasteiger partial charge in [0.1, 0.15) is 0 Å². The smallest absolute Gasteiger partial charge is 0.292 e. The average molecular weight is 474 g/mol. The molecule has 2 aromatic heterocycles. The van der Waals surface area contributed by atoms with E-state index in [0.29, 0.717) is 18.4 Å². The molecule has 1 aliphatic heterocycles. The maximum Gasteiger partial charge on any atom is 0.292 e. The molecule has 1 aliphatic rings. The predicted molar refractivity (Wildman–Crippen MR) is 137 cm³/mol. The Morgan fingerprint density at radius 1 is 1.23 bits per heavy atom. The van der Waals surface area contributed by atoms with E-state index in [1.165, 1.54) is 16.7 Å². The van der Waals surface area contributed by atoms with Crippen molar-refractivity contribution < 1.29 is 9.32 Å². The van der Waals surface area contributed by atoms with Crippen LogP contribution < -0.4 is 5.32 Å². The molecule has 0 unspecified atom stereocenters. The Kier molecular flexibility index (Phi) is 7.34.